The molecular formula is C11H13F3N6S. The van der Waals surface area contributed by atoms with Crippen LogP contribution in [0.4, 0.5) is 24.8 Å². The number of aryl methyl sites for hydroxylation is 1. The van der Waals surface area contributed by atoms with Crippen molar-refractivity contribution in [3.63, 3.8) is 0 Å². The standard InChI is InChI=1S/C11H13F3N6S/c1-6-16-7(5-21-6)4-20(2)9-3-8(19-15)17-10(18-9)11(12,13)14/h3,5H,4,15H2,1-2H3,(H,17,18,19). The van der Waals surface area contributed by atoms with E-state index in [9.17, 15) is 13.2 Å². The molecule has 0 atom stereocenters. The summed E-state index contributed by atoms with van der Waals surface area (Å²) in [6.07, 6.45) is -4.64. The molecule has 0 saturated heterocycles. The maximum atomic E-state index is 12.8. The van der Waals surface area contributed by atoms with Gasteiger partial charge in [-0.25, -0.2) is 20.8 Å². The summed E-state index contributed by atoms with van der Waals surface area (Å²) in [6.45, 7) is 2.19. The number of nitrogens with zero attached hydrogens (tertiary/aromatic N) is 4. The van der Waals surface area contributed by atoms with Gasteiger partial charge in [-0.3, -0.25) is 0 Å². The van der Waals surface area contributed by atoms with E-state index in [1.807, 2.05) is 12.3 Å². The minimum atomic E-state index is -4.64. The van der Waals surface area contributed by atoms with Crippen molar-refractivity contribution in [3.05, 3.63) is 28.0 Å². The summed E-state index contributed by atoms with van der Waals surface area (Å²) in [5, 5.41) is 2.74. The van der Waals surface area contributed by atoms with Crippen LogP contribution >= 0.6 is 11.3 Å². The fourth-order valence-electron chi connectivity index (χ4n) is 1.64. The summed E-state index contributed by atoms with van der Waals surface area (Å²) in [4.78, 5) is 12.6. The fraction of sp³-hybridized carbons (Fsp3) is 0.364. The molecule has 0 spiro atoms. The lowest BCUT2D eigenvalue weighted by Crippen LogP contribution is -2.22. The van der Waals surface area contributed by atoms with Gasteiger partial charge in [0.25, 0.3) is 0 Å². The van der Waals surface area contributed by atoms with Gasteiger partial charge in [-0.15, -0.1) is 11.3 Å². The molecule has 0 amide bonds. The predicted octanol–water partition coefficient (Wildman–Crippen LogP) is 2.18. The number of nitrogens with one attached hydrogen (secondary N) is 1. The highest BCUT2D eigenvalue weighted by Crippen LogP contribution is 2.29. The summed E-state index contributed by atoms with van der Waals surface area (Å²) in [7, 11) is 1.62. The number of thiazole rings is 1. The molecule has 21 heavy (non-hydrogen) atoms. The third-order valence-electron chi connectivity index (χ3n) is 2.57. The smallest absolute Gasteiger partial charge is 0.354 e. The minimum absolute atomic E-state index is 0.103. The average molecular weight is 318 g/mol. The zero-order chi connectivity index (χ0) is 15.6. The van der Waals surface area contributed by atoms with Crippen molar-refractivity contribution in [3.8, 4) is 0 Å². The molecule has 3 N–H and O–H groups in total. The van der Waals surface area contributed by atoms with Gasteiger partial charge in [0.2, 0.25) is 5.82 Å². The van der Waals surface area contributed by atoms with E-state index in [1.54, 1.807) is 11.9 Å². The van der Waals surface area contributed by atoms with Gasteiger partial charge in [0.05, 0.1) is 17.2 Å². The fourth-order valence-corrected chi connectivity index (χ4v) is 2.24. The van der Waals surface area contributed by atoms with Gasteiger partial charge in [0, 0.05) is 18.5 Å². The number of rotatable bonds is 4. The van der Waals surface area contributed by atoms with Crippen LogP contribution in [0, 0.1) is 6.92 Å². The quantitative estimate of drug-likeness (QED) is 0.664. The zero-order valence-electron chi connectivity index (χ0n) is 11.3. The number of halogens is 3. The molecule has 6 nitrogen and oxygen atoms in total. The molecule has 0 aliphatic heterocycles. The molecule has 0 aliphatic rings. The second-order valence-electron chi connectivity index (χ2n) is 4.29. The van der Waals surface area contributed by atoms with Crippen LogP contribution in [0.5, 0.6) is 0 Å². The molecule has 2 heterocycles. The largest absolute Gasteiger partial charge is 0.451 e. The first-order valence-corrected chi connectivity index (χ1v) is 6.72. The molecule has 0 bridgehead atoms. The van der Waals surface area contributed by atoms with E-state index in [2.05, 4.69) is 20.4 Å². The zero-order valence-corrected chi connectivity index (χ0v) is 12.1. The van der Waals surface area contributed by atoms with Gasteiger partial charge in [-0.1, -0.05) is 0 Å². The topological polar surface area (TPSA) is 80.0 Å². The normalized spacial score (nSPS) is 11.5. The summed E-state index contributed by atoms with van der Waals surface area (Å²) in [6, 6.07) is 1.34. The monoisotopic (exact) mass is 318 g/mol. The van der Waals surface area contributed by atoms with Gasteiger partial charge in [-0.2, -0.15) is 13.2 Å². The first-order chi connectivity index (χ1) is 9.79. The highest BCUT2D eigenvalue weighted by Gasteiger charge is 2.35. The van der Waals surface area contributed by atoms with E-state index >= 15 is 0 Å². The van der Waals surface area contributed by atoms with Crippen LogP contribution < -0.4 is 16.2 Å². The lowest BCUT2D eigenvalue weighted by molar-refractivity contribution is -0.144. The second kappa shape index (κ2) is 5.82. The van der Waals surface area contributed by atoms with Crippen molar-refractivity contribution >= 4 is 23.0 Å². The van der Waals surface area contributed by atoms with Gasteiger partial charge in [0.15, 0.2) is 0 Å². The first-order valence-electron chi connectivity index (χ1n) is 5.84. The van der Waals surface area contributed by atoms with Gasteiger partial charge in [0.1, 0.15) is 11.6 Å². The maximum absolute atomic E-state index is 12.8. The van der Waals surface area contributed by atoms with E-state index in [0.29, 0.717) is 6.54 Å². The summed E-state index contributed by atoms with van der Waals surface area (Å²) in [5.41, 5.74) is 2.87. The van der Waals surface area contributed by atoms with Crippen molar-refractivity contribution in [1.29, 1.82) is 0 Å². The molecule has 2 rings (SSSR count). The van der Waals surface area contributed by atoms with E-state index in [-0.39, 0.29) is 11.6 Å². The van der Waals surface area contributed by atoms with E-state index < -0.39 is 12.0 Å². The average Bonchev–Trinajstić information content (AvgIpc) is 2.82. The Labute approximate surface area is 122 Å². The SMILES string of the molecule is Cc1nc(CN(C)c2cc(NN)nc(C(F)(F)F)n2)cs1. The third-order valence-corrected chi connectivity index (χ3v) is 3.39. The van der Waals surface area contributed by atoms with Crippen LogP contribution in [0.1, 0.15) is 16.5 Å². The van der Waals surface area contributed by atoms with Crippen molar-refractivity contribution in [2.45, 2.75) is 19.6 Å². The molecule has 0 aliphatic carbocycles. The Balaban J connectivity index is 2.29. The molecule has 10 heteroatoms. The van der Waals surface area contributed by atoms with E-state index in [0.717, 1.165) is 10.7 Å². The van der Waals surface area contributed by atoms with E-state index in [1.165, 1.54) is 17.4 Å². The molecule has 0 unspecified atom stereocenters. The van der Waals surface area contributed by atoms with Crippen molar-refractivity contribution < 1.29 is 13.2 Å². The van der Waals surface area contributed by atoms with Crippen LogP contribution in [-0.2, 0) is 12.7 Å². The Morgan fingerprint density at radius 1 is 1.33 bits per heavy atom. The predicted molar refractivity (Wildman–Crippen MR) is 73.8 cm³/mol. The molecular weight excluding hydrogens is 305 g/mol. The number of aromatic nitrogens is 3. The molecule has 0 radical (unpaired) electrons. The van der Waals surface area contributed by atoms with E-state index in [4.69, 9.17) is 5.84 Å². The molecule has 0 fully saturated rings. The third kappa shape index (κ3) is 3.79. The molecule has 2 aromatic rings. The van der Waals surface area contributed by atoms with Gasteiger partial charge < -0.3 is 10.3 Å². The van der Waals surface area contributed by atoms with Crippen LogP contribution in [0.3, 0.4) is 0 Å². The van der Waals surface area contributed by atoms with Crippen LogP contribution in [-0.4, -0.2) is 22.0 Å². The Hall–Kier alpha value is -1.94. The number of hydrazine groups is 1. The van der Waals surface area contributed by atoms with Crippen molar-refractivity contribution in [1.82, 2.24) is 15.0 Å². The first kappa shape index (κ1) is 15.4. The lowest BCUT2D eigenvalue weighted by Gasteiger charge is -2.19. The summed E-state index contributed by atoms with van der Waals surface area (Å²) >= 11 is 1.47. The number of nitrogen functional groups attached to an aromatic ring is 1. The Morgan fingerprint density at radius 2 is 2.05 bits per heavy atom. The van der Waals surface area contributed by atoms with Crippen molar-refractivity contribution in [2.75, 3.05) is 17.4 Å². The summed E-state index contributed by atoms with van der Waals surface area (Å²) < 4.78 is 38.3. The Bertz CT molecular complexity index is 627. The van der Waals surface area contributed by atoms with Gasteiger partial charge in [-0.05, 0) is 6.92 Å². The van der Waals surface area contributed by atoms with Gasteiger partial charge >= 0.3 is 6.18 Å². The number of nitrogens with two attached hydrogens (primary N) is 1. The lowest BCUT2D eigenvalue weighted by atomic mass is 10.4. The van der Waals surface area contributed by atoms with Crippen molar-refractivity contribution in [2.24, 2.45) is 5.84 Å². The molecule has 114 valence electrons. The Kier molecular flexibility index (Phi) is 4.28. The highest BCUT2D eigenvalue weighted by molar-refractivity contribution is 7.09. The van der Waals surface area contributed by atoms with Crippen LogP contribution in [0.15, 0.2) is 11.4 Å². The number of hydrogen-bond donors (Lipinski definition) is 2. The molecule has 0 aromatic carbocycles. The Morgan fingerprint density at radius 3 is 2.57 bits per heavy atom. The molecule has 0 saturated carbocycles. The van der Waals surface area contributed by atoms with Crippen LogP contribution in [0.25, 0.3) is 0 Å². The number of alkyl halides is 3. The highest BCUT2D eigenvalue weighted by atomic mass is 32.1. The number of hydrogen-bond acceptors (Lipinski definition) is 7. The maximum Gasteiger partial charge on any atom is 0.451 e. The minimum Gasteiger partial charge on any atom is -0.354 e. The molecule has 2 aromatic heterocycles. The second-order valence-corrected chi connectivity index (χ2v) is 5.35. The van der Waals surface area contributed by atoms with Crippen LogP contribution in [0.2, 0.25) is 0 Å². The number of anilines is 2. The summed E-state index contributed by atoms with van der Waals surface area (Å²) in [5.74, 6) is 3.91.